The monoisotopic (exact) mass is 249 g/mol. The molecule has 1 fully saturated rings. The zero-order chi connectivity index (χ0) is 12.4. The minimum atomic E-state index is -0.486. The molecule has 98 valence electrons. The smallest absolute Gasteiger partial charge is 0.231 e. The Morgan fingerprint density at radius 1 is 1.22 bits per heavy atom. The lowest BCUT2D eigenvalue weighted by molar-refractivity contribution is 0.167. The number of benzene rings is 1. The van der Waals surface area contributed by atoms with E-state index in [-0.39, 0.29) is 6.79 Å². The highest BCUT2D eigenvalue weighted by Gasteiger charge is 2.19. The molecule has 18 heavy (non-hydrogen) atoms. The van der Waals surface area contributed by atoms with Gasteiger partial charge in [-0.15, -0.1) is 0 Å². The molecule has 2 aliphatic rings. The number of nitrogens with one attached hydrogen (secondary N) is 1. The zero-order valence-electron chi connectivity index (χ0n) is 10.4. The van der Waals surface area contributed by atoms with Crippen molar-refractivity contribution in [2.24, 2.45) is 0 Å². The van der Waals surface area contributed by atoms with E-state index in [0.29, 0.717) is 12.6 Å². The van der Waals surface area contributed by atoms with Gasteiger partial charge in [0.25, 0.3) is 0 Å². The van der Waals surface area contributed by atoms with Crippen LogP contribution >= 0.6 is 0 Å². The minimum Gasteiger partial charge on any atom is -0.454 e. The summed E-state index contributed by atoms with van der Waals surface area (Å²) in [6.07, 6.45) is 4.58. The van der Waals surface area contributed by atoms with Gasteiger partial charge in [0.2, 0.25) is 6.79 Å². The lowest BCUT2D eigenvalue weighted by Gasteiger charge is -2.16. The summed E-state index contributed by atoms with van der Waals surface area (Å²) in [6, 6.07) is 6.20. The predicted molar refractivity (Wildman–Crippen MR) is 67.8 cm³/mol. The first-order chi connectivity index (χ1) is 8.83. The standard InChI is InChI=1S/C14H19NO3/c16-12(8-15-11-3-1-2-4-11)10-5-6-13-14(7-10)18-9-17-13/h5-7,11-12,15-16H,1-4,8-9H2. The third-order valence-electron chi connectivity index (χ3n) is 3.74. The summed E-state index contributed by atoms with van der Waals surface area (Å²) in [5, 5.41) is 13.6. The first-order valence-corrected chi connectivity index (χ1v) is 6.64. The molecule has 3 rings (SSSR count). The number of aliphatic hydroxyl groups excluding tert-OH is 1. The molecule has 2 N–H and O–H groups in total. The molecule has 0 amide bonds. The van der Waals surface area contributed by atoms with Crippen molar-refractivity contribution in [2.75, 3.05) is 13.3 Å². The van der Waals surface area contributed by atoms with Gasteiger partial charge in [-0.05, 0) is 30.5 Å². The van der Waals surface area contributed by atoms with Crippen LogP contribution in [0.2, 0.25) is 0 Å². The molecule has 0 aromatic heterocycles. The van der Waals surface area contributed by atoms with Gasteiger partial charge in [0, 0.05) is 12.6 Å². The van der Waals surface area contributed by atoms with E-state index in [1.165, 1.54) is 25.7 Å². The molecule has 0 bridgehead atoms. The van der Waals surface area contributed by atoms with Gasteiger partial charge in [0.1, 0.15) is 0 Å². The molecule has 1 atom stereocenters. The van der Waals surface area contributed by atoms with Gasteiger partial charge in [0.15, 0.2) is 11.5 Å². The highest BCUT2D eigenvalue weighted by Crippen LogP contribution is 2.34. The molecule has 0 radical (unpaired) electrons. The second-order valence-electron chi connectivity index (χ2n) is 5.02. The first-order valence-electron chi connectivity index (χ1n) is 6.64. The summed E-state index contributed by atoms with van der Waals surface area (Å²) < 4.78 is 10.6. The van der Waals surface area contributed by atoms with E-state index in [9.17, 15) is 5.11 Å². The van der Waals surface area contributed by atoms with Crippen molar-refractivity contribution in [3.63, 3.8) is 0 Å². The molecule has 1 unspecified atom stereocenters. The molecule has 0 saturated heterocycles. The Labute approximate surface area is 107 Å². The molecule has 1 aromatic rings. The Kier molecular flexibility index (Phi) is 3.39. The Morgan fingerprint density at radius 2 is 2.00 bits per heavy atom. The minimum absolute atomic E-state index is 0.273. The van der Waals surface area contributed by atoms with Gasteiger partial charge < -0.3 is 19.9 Å². The van der Waals surface area contributed by atoms with Crippen molar-refractivity contribution in [3.8, 4) is 11.5 Å². The highest BCUT2D eigenvalue weighted by molar-refractivity contribution is 5.45. The van der Waals surface area contributed by atoms with Crippen molar-refractivity contribution in [2.45, 2.75) is 37.8 Å². The summed E-state index contributed by atoms with van der Waals surface area (Å²) in [4.78, 5) is 0. The molecule has 4 nitrogen and oxygen atoms in total. The van der Waals surface area contributed by atoms with Gasteiger partial charge in [-0.3, -0.25) is 0 Å². The fourth-order valence-corrected chi connectivity index (χ4v) is 2.65. The number of hydrogen-bond donors (Lipinski definition) is 2. The van der Waals surface area contributed by atoms with E-state index in [4.69, 9.17) is 9.47 Å². The van der Waals surface area contributed by atoms with Crippen molar-refractivity contribution in [1.29, 1.82) is 0 Å². The summed E-state index contributed by atoms with van der Waals surface area (Å²) in [6.45, 7) is 0.875. The van der Waals surface area contributed by atoms with Crippen LogP contribution in [-0.2, 0) is 0 Å². The van der Waals surface area contributed by atoms with E-state index < -0.39 is 6.10 Å². The Balaban J connectivity index is 1.59. The van der Waals surface area contributed by atoms with Crippen LogP contribution in [0.1, 0.15) is 37.4 Å². The molecule has 4 heteroatoms. The van der Waals surface area contributed by atoms with Crippen LogP contribution in [0.5, 0.6) is 11.5 Å². The number of hydrogen-bond acceptors (Lipinski definition) is 4. The molecule has 1 aromatic carbocycles. The Hall–Kier alpha value is -1.26. The largest absolute Gasteiger partial charge is 0.454 e. The van der Waals surface area contributed by atoms with E-state index in [1.807, 2.05) is 18.2 Å². The Morgan fingerprint density at radius 3 is 2.83 bits per heavy atom. The van der Waals surface area contributed by atoms with Crippen molar-refractivity contribution in [3.05, 3.63) is 23.8 Å². The van der Waals surface area contributed by atoms with Crippen molar-refractivity contribution < 1.29 is 14.6 Å². The van der Waals surface area contributed by atoms with Crippen LogP contribution in [0.15, 0.2) is 18.2 Å². The molecular weight excluding hydrogens is 230 g/mol. The third kappa shape index (κ3) is 2.44. The summed E-state index contributed by atoms with van der Waals surface area (Å²) in [5.41, 5.74) is 0.879. The average Bonchev–Trinajstić information content (AvgIpc) is 3.05. The first kappa shape index (κ1) is 11.8. The van der Waals surface area contributed by atoms with Gasteiger partial charge in [0.05, 0.1) is 6.10 Å². The zero-order valence-corrected chi connectivity index (χ0v) is 10.4. The van der Waals surface area contributed by atoms with Gasteiger partial charge in [-0.25, -0.2) is 0 Å². The number of aliphatic hydroxyl groups is 1. The maximum Gasteiger partial charge on any atom is 0.231 e. The quantitative estimate of drug-likeness (QED) is 0.856. The average molecular weight is 249 g/mol. The second kappa shape index (κ2) is 5.16. The fourth-order valence-electron chi connectivity index (χ4n) is 2.65. The van der Waals surface area contributed by atoms with Crippen LogP contribution in [0, 0.1) is 0 Å². The normalized spacial score (nSPS) is 20.3. The topological polar surface area (TPSA) is 50.7 Å². The fraction of sp³-hybridized carbons (Fsp3) is 0.571. The summed E-state index contributed by atoms with van der Waals surface area (Å²) in [7, 11) is 0. The maximum absolute atomic E-state index is 10.2. The predicted octanol–water partition coefficient (Wildman–Crippen LogP) is 1.98. The van der Waals surface area contributed by atoms with Gasteiger partial charge in [-0.2, -0.15) is 0 Å². The summed E-state index contributed by atoms with van der Waals surface area (Å²) >= 11 is 0. The molecule has 1 heterocycles. The molecule has 1 aliphatic carbocycles. The molecule has 1 aliphatic heterocycles. The highest BCUT2D eigenvalue weighted by atomic mass is 16.7. The van der Waals surface area contributed by atoms with Crippen molar-refractivity contribution in [1.82, 2.24) is 5.32 Å². The molecule has 0 spiro atoms. The van der Waals surface area contributed by atoms with E-state index in [2.05, 4.69) is 5.32 Å². The molecule has 1 saturated carbocycles. The van der Waals surface area contributed by atoms with Crippen LogP contribution in [0.4, 0.5) is 0 Å². The summed E-state index contributed by atoms with van der Waals surface area (Å²) in [5.74, 6) is 1.49. The van der Waals surface area contributed by atoms with Gasteiger partial charge in [-0.1, -0.05) is 18.9 Å². The number of fused-ring (bicyclic) bond motifs is 1. The number of rotatable bonds is 4. The second-order valence-corrected chi connectivity index (χ2v) is 5.02. The number of ether oxygens (including phenoxy) is 2. The van der Waals surface area contributed by atoms with E-state index >= 15 is 0 Å². The SMILES string of the molecule is OC(CNC1CCCC1)c1ccc2c(c1)OCO2. The lowest BCUT2D eigenvalue weighted by atomic mass is 10.1. The van der Waals surface area contributed by atoms with Crippen LogP contribution in [-0.4, -0.2) is 24.5 Å². The third-order valence-corrected chi connectivity index (χ3v) is 3.74. The van der Waals surface area contributed by atoms with Crippen LogP contribution < -0.4 is 14.8 Å². The Bertz CT molecular complexity index is 416. The maximum atomic E-state index is 10.2. The molecular formula is C14H19NO3. The van der Waals surface area contributed by atoms with E-state index in [0.717, 1.165) is 17.1 Å². The van der Waals surface area contributed by atoms with Crippen LogP contribution in [0.25, 0.3) is 0 Å². The lowest BCUT2D eigenvalue weighted by Crippen LogP contribution is -2.30. The van der Waals surface area contributed by atoms with Gasteiger partial charge >= 0.3 is 0 Å². The van der Waals surface area contributed by atoms with E-state index in [1.54, 1.807) is 0 Å². The van der Waals surface area contributed by atoms with Crippen LogP contribution in [0.3, 0.4) is 0 Å². The van der Waals surface area contributed by atoms with Crippen molar-refractivity contribution >= 4 is 0 Å².